The highest BCUT2D eigenvalue weighted by molar-refractivity contribution is 7.12. The molecular weight excluding hydrogens is 504 g/mol. The van der Waals surface area contributed by atoms with Crippen LogP contribution in [0.4, 0.5) is 0 Å². The number of fused-ring (bicyclic) bond motifs is 2. The highest BCUT2D eigenvalue weighted by Crippen LogP contribution is 2.49. The molecule has 2 saturated carbocycles. The minimum absolute atomic E-state index is 0.143. The molecule has 0 saturated heterocycles. The average Bonchev–Trinajstić information content (AvgIpc) is 3.72. The van der Waals surface area contributed by atoms with Gasteiger partial charge in [-0.3, -0.25) is 4.79 Å². The SMILES string of the molecule is CN(CCCCc1ccc(C(N)=O)cc1)[C@@H]1CC2CCC1C2OC(=O)C(O)(c1cccs1)c1cccs1. The predicted octanol–water partition coefficient (Wildman–Crippen LogP) is 4.81. The average molecular weight is 539 g/mol. The lowest BCUT2D eigenvalue weighted by Crippen LogP contribution is -2.42. The number of rotatable bonds is 11. The Morgan fingerprint density at radius 1 is 1.05 bits per heavy atom. The molecule has 3 N–H and O–H groups in total. The number of hydrogen-bond acceptors (Lipinski definition) is 7. The van der Waals surface area contributed by atoms with Gasteiger partial charge in [0.2, 0.25) is 11.5 Å². The maximum atomic E-state index is 13.5. The monoisotopic (exact) mass is 538 g/mol. The Hall–Kier alpha value is -2.52. The lowest BCUT2D eigenvalue weighted by molar-refractivity contribution is -0.170. The topological polar surface area (TPSA) is 92.9 Å². The number of primary amides is 1. The van der Waals surface area contributed by atoms with Gasteiger partial charge in [0, 0.05) is 17.5 Å². The number of esters is 1. The molecule has 8 heteroatoms. The number of hydrogen-bond donors (Lipinski definition) is 2. The van der Waals surface area contributed by atoms with E-state index in [0.29, 0.717) is 33.2 Å². The number of aliphatic hydroxyl groups is 1. The molecule has 0 aliphatic heterocycles. The zero-order valence-corrected chi connectivity index (χ0v) is 22.7. The molecule has 196 valence electrons. The number of nitrogens with two attached hydrogens (primary N) is 1. The van der Waals surface area contributed by atoms with Gasteiger partial charge in [-0.2, -0.15) is 0 Å². The number of thiophene rings is 2. The van der Waals surface area contributed by atoms with E-state index >= 15 is 0 Å². The molecule has 1 aromatic carbocycles. The minimum Gasteiger partial charge on any atom is -0.459 e. The summed E-state index contributed by atoms with van der Waals surface area (Å²) in [5.41, 5.74) is 5.33. The number of carbonyl (C=O) groups excluding carboxylic acids is 2. The molecule has 5 rings (SSSR count). The van der Waals surface area contributed by atoms with E-state index in [-0.39, 0.29) is 6.10 Å². The summed E-state index contributed by atoms with van der Waals surface area (Å²) < 4.78 is 6.17. The Bertz CT molecular complexity index is 1160. The third kappa shape index (κ3) is 5.25. The lowest BCUT2D eigenvalue weighted by Gasteiger charge is -2.32. The zero-order valence-electron chi connectivity index (χ0n) is 21.0. The molecule has 4 atom stereocenters. The Morgan fingerprint density at radius 3 is 2.32 bits per heavy atom. The number of benzene rings is 1. The van der Waals surface area contributed by atoms with Crippen molar-refractivity contribution in [2.45, 2.75) is 56.3 Å². The summed E-state index contributed by atoms with van der Waals surface area (Å²) in [6.07, 6.45) is 6.12. The van der Waals surface area contributed by atoms with Gasteiger partial charge in [0.05, 0.1) is 9.75 Å². The van der Waals surface area contributed by atoms with Crippen LogP contribution in [0.15, 0.2) is 59.3 Å². The minimum atomic E-state index is -1.75. The summed E-state index contributed by atoms with van der Waals surface area (Å²) >= 11 is 2.75. The largest absolute Gasteiger partial charge is 0.459 e. The van der Waals surface area contributed by atoms with E-state index in [4.69, 9.17) is 10.5 Å². The van der Waals surface area contributed by atoms with Crippen molar-refractivity contribution >= 4 is 34.6 Å². The first kappa shape index (κ1) is 26.1. The maximum absolute atomic E-state index is 13.5. The number of amides is 1. The van der Waals surface area contributed by atoms with Gasteiger partial charge >= 0.3 is 5.97 Å². The number of unbranched alkanes of at least 4 members (excludes halogenated alkanes) is 1. The normalized spacial score (nSPS) is 23.0. The number of carbonyl (C=O) groups is 2. The second-order valence-electron chi connectivity index (χ2n) is 10.3. The van der Waals surface area contributed by atoms with Gasteiger partial charge in [-0.25, -0.2) is 4.79 Å². The Morgan fingerprint density at radius 2 is 1.73 bits per heavy atom. The quantitative estimate of drug-likeness (QED) is 0.270. The van der Waals surface area contributed by atoms with Crippen LogP contribution in [0.1, 0.15) is 57.8 Å². The summed E-state index contributed by atoms with van der Waals surface area (Å²) in [5, 5.41) is 15.4. The second-order valence-corrected chi connectivity index (χ2v) is 12.2. The third-order valence-corrected chi connectivity index (χ3v) is 10.1. The van der Waals surface area contributed by atoms with Crippen molar-refractivity contribution in [3.8, 4) is 0 Å². The molecule has 0 spiro atoms. The molecule has 3 unspecified atom stereocenters. The molecule has 1 amide bonds. The highest BCUT2D eigenvalue weighted by atomic mass is 32.1. The first-order valence-electron chi connectivity index (χ1n) is 13.0. The van der Waals surface area contributed by atoms with Crippen molar-refractivity contribution in [1.82, 2.24) is 4.90 Å². The molecule has 37 heavy (non-hydrogen) atoms. The van der Waals surface area contributed by atoms with E-state index in [1.54, 1.807) is 24.3 Å². The van der Waals surface area contributed by atoms with Gasteiger partial charge in [-0.1, -0.05) is 24.3 Å². The van der Waals surface area contributed by atoms with Crippen molar-refractivity contribution in [2.75, 3.05) is 13.6 Å². The fourth-order valence-electron chi connectivity index (χ4n) is 6.12. The molecule has 6 nitrogen and oxygen atoms in total. The smallest absolute Gasteiger partial charge is 0.349 e. The summed E-state index contributed by atoms with van der Waals surface area (Å²) in [6, 6.07) is 15.2. The second kappa shape index (κ2) is 11.1. The fourth-order valence-corrected chi connectivity index (χ4v) is 7.83. The number of ether oxygens (including phenoxy) is 1. The molecule has 2 fully saturated rings. The van der Waals surface area contributed by atoms with Crippen LogP contribution in [0.3, 0.4) is 0 Å². The van der Waals surface area contributed by atoms with Gasteiger partial charge in [0.25, 0.3) is 0 Å². The van der Waals surface area contributed by atoms with E-state index in [1.165, 1.54) is 28.2 Å². The van der Waals surface area contributed by atoms with Gasteiger partial charge in [-0.05, 0) is 98.6 Å². The standard InChI is InChI=1S/C29H34N2O4S2/c1-31(15-3-2-6-19-9-11-20(12-10-19)27(30)32)23-18-21-13-14-22(23)26(21)35-28(33)29(34,24-7-4-16-36-24)25-8-5-17-37-25/h4-5,7-12,16-17,21-23,26,34H,2-3,6,13-15,18H2,1H3,(H2,30,32)/t21?,22?,23-,26?/m1/s1. The van der Waals surface area contributed by atoms with Crippen LogP contribution in [-0.4, -0.2) is 47.6 Å². The Labute approximate surface area is 226 Å². The number of aryl methyl sites for hydroxylation is 1. The van der Waals surface area contributed by atoms with Gasteiger partial charge < -0.3 is 20.5 Å². The molecule has 2 aliphatic rings. The Kier molecular flexibility index (Phi) is 7.81. The molecule has 2 aliphatic carbocycles. The summed E-state index contributed by atoms with van der Waals surface area (Å²) in [7, 11) is 2.18. The first-order valence-corrected chi connectivity index (χ1v) is 14.7. The van der Waals surface area contributed by atoms with E-state index < -0.39 is 17.5 Å². The van der Waals surface area contributed by atoms with Crippen LogP contribution in [-0.2, 0) is 21.6 Å². The van der Waals surface area contributed by atoms with E-state index in [9.17, 15) is 14.7 Å². The molecule has 0 radical (unpaired) electrons. The van der Waals surface area contributed by atoms with Gasteiger partial charge in [0.1, 0.15) is 6.10 Å². The molecular formula is C29H34N2O4S2. The van der Waals surface area contributed by atoms with Crippen molar-refractivity contribution in [2.24, 2.45) is 17.6 Å². The number of nitrogens with zero attached hydrogens (tertiary/aromatic N) is 1. The lowest BCUT2D eigenvalue weighted by atomic mass is 9.94. The van der Waals surface area contributed by atoms with Crippen LogP contribution in [0.5, 0.6) is 0 Å². The van der Waals surface area contributed by atoms with Gasteiger partial charge in [0.15, 0.2) is 0 Å². The molecule has 2 heterocycles. The fraction of sp³-hybridized carbons (Fsp3) is 0.448. The highest BCUT2D eigenvalue weighted by Gasteiger charge is 2.54. The van der Waals surface area contributed by atoms with E-state index in [0.717, 1.165) is 45.1 Å². The van der Waals surface area contributed by atoms with Crippen LogP contribution >= 0.6 is 22.7 Å². The molecule has 2 bridgehead atoms. The molecule has 2 aromatic heterocycles. The van der Waals surface area contributed by atoms with Crippen molar-refractivity contribution in [3.63, 3.8) is 0 Å². The summed E-state index contributed by atoms with van der Waals surface area (Å²) in [4.78, 5) is 28.4. The first-order chi connectivity index (χ1) is 17.9. The van der Waals surface area contributed by atoms with E-state index in [1.807, 2.05) is 35.0 Å². The zero-order chi connectivity index (χ0) is 26.0. The maximum Gasteiger partial charge on any atom is 0.349 e. The summed E-state index contributed by atoms with van der Waals surface area (Å²) in [5.74, 6) is -0.298. The van der Waals surface area contributed by atoms with Crippen LogP contribution in [0.2, 0.25) is 0 Å². The summed E-state index contributed by atoms with van der Waals surface area (Å²) in [6.45, 7) is 0.988. The van der Waals surface area contributed by atoms with Gasteiger partial charge in [-0.15, -0.1) is 22.7 Å². The van der Waals surface area contributed by atoms with E-state index in [2.05, 4.69) is 11.9 Å². The van der Waals surface area contributed by atoms with Crippen molar-refractivity contribution in [3.05, 3.63) is 80.2 Å². The van der Waals surface area contributed by atoms with Crippen LogP contribution in [0.25, 0.3) is 0 Å². The Balaban J connectivity index is 1.16. The third-order valence-electron chi connectivity index (χ3n) is 8.12. The molecule has 3 aromatic rings. The van der Waals surface area contributed by atoms with Crippen LogP contribution in [0, 0.1) is 11.8 Å². The van der Waals surface area contributed by atoms with Crippen molar-refractivity contribution in [1.29, 1.82) is 0 Å². The van der Waals surface area contributed by atoms with Crippen LogP contribution < -0.4 is 5.73 Å². The predicted molar refractivity (Wildman–Crippen MR) is 147 cm³/mol. The van der Waals surface area contributed by atoms with Crippen molar-refractivity contribution < 1.29 is 19.4 Å².